The number of nitrogens with zero attached hydrogens (tertiary/aromatic N) is 1. The van der Waals surface area contributed by atoms with Crippen molar-refractivity contribution in [1.82, 2.24) is 4.57 Å². The molecule has 0 bridgehead atoms. The Morgan fingerprint density at radius 1 is 0.829 bits per heavy atom. The highest BCUT2D eigenvalue weighted by molar-refractivity contribution is 7.19. The number of hydrogen-bond donors (Lipinski definition) is 1. The third-order valence-electron chi connectivity index (χ3n) is 8.10. The fraction of sp³-hybridized carbons (Fsp3) is 0.105. The number of benzene rings is 4. The zero-order valence-corrected chi connectivity index (χ0v) is 24.4. The van der Waals surface area contributed by atoms with Gasteiger partial charge < -0.3 is 9.88 Å². The molecule has 0 atom stereocenters. The van der Waals surface area contributed by atoms with Crippen LogP contribution in [0.2, 0.25) is 0 Å². The minimum absolute atomic E-state index is 0.917. The van der Waals surface area contributed by atoms with E-state index in [2.05, 4.69) is 152 Å². The van der Waals surface area contributed by atoms with Crippen molar-refractivity contribution in [3.05, 3.63) is 136 Å². The molecule has 0 aliphatic heterocycles. The molecular formula is C38H32N2S. The molecule has 0 saturated heterocycles. The Kier molecular flexibility index (Phi) is 6.45. The second-order valence-electron chi connectivity index (χ2n) is 10.8. The van der Waals surface area contributed by atoms with Gasteiger partial charge in [0, 0.05) is 60.7 Å². The van der Waals surface area contributed by atoms with Crippen molar-refractivity contribution < 1.29 is 0 Å². The van der Waals surface area contributed by atoms with E-state index in [0.29, 0.717) is 0 Å². The van der Waals surface area contributed by atoms with Crippen LogP contribution in [0.4, 0.5) is 11.4 Å². The molecule has 0 amide bonds. The van der Waals surface area contributed by atoms with E-state index in [-0.39, 0.29) is 0 Å². The fourth-order valence-corrected chi connectivity index (χ4v) is 7.17. The molecule has 1 aliphatic carbocycles. The van der Waals surface area contributed by atoms with Gasteiger partial charge in [-0.3, -0.25) is 0 Å². The molecule has 3 heteroatoms. The first kappa shape index (κ1) is 25.4. The van der Waals surface area contributed by atoms with E-state index in [9.17, 15) is 0 Å². The van der Waals surface area contributed by atoms with Gasteiger partial charge in [0.05, 0.1) is 5.52 Å². The zero-order valence-electron chi connectivity index (χ0n) is 23.6. The number of thiophene rings is 1. The van der Waals surface area contributed by atoms with E-state index in [4.69, 9.17) is 0 Å². The lowest BCUT2D eigenvalue weighted by Gasteiger charge is -2.14. The molecule has 7 rings (SSSR count). The van der Waals surface area contributed by atoms with Gasteiger partial charge in [-0.1, -0.05) is 85.0 Å². The highest BCUT2D eigenvalue weighted by atomic mass is 32.1. The molecule has 0 unspecified atom stereocenters. The Labute approximate surface area is 245 Å². The molecule has 4 aromatic carbocycles. The standard InChI is InChI=1S/C38H32N2S/c1-25-13-7-8-14-29(25)30-15-9-11-18-35(30)39-28-21-22-38-34(24-28)33(27(3)41-38)23-26(2)40-36-19-6-4-5-16-31(36)32-17-10-12-20-37(32)40/h4-18,20-24,39H,19H2,1-3H3/b26-23+. The number of para-hydroxylation sites is 2. The Hall–Kier alpha value is -4.60. The van der Waals surface area contributed by atoms with Crippen LogP contribution in [0.25, 0.3) is 50.0 Å². The Morgan fingerprint density at radius 2 is 1.61 bits per heavy atom. The van der Waals surface area contributed by atoms with Crippen molar-refractivity contribution in [3.63, 3.8) is 0 Å². The lowest BCUT2D eigenvalue weighted by molar-refractivity contribution is 1.02. The van der Waals surface area contributed by atoms with E-state index >= 15 is 0 Å². The maximum absolute atomic E-state index is 3.74. The number of aromatic nitrogens is 1. The predicted molar refractivity (Wildman–Crippen MR) is 180 cm³/mol. The van der Waals surface area contributed by atoms with Gasteiger partial charge in [-0.25, -0.2) is 0 Å². The number of anilines is 2. The summed E-state index contributed by atoms with van der Waals surface area (Å²) >= 11 is 1.87. The minimum Gasteiger partial charge on any atom is -0.355 e. The molecule has 2 nitrogen and oxygen atoms in total. The molecule has 0 spiro atoms. The van der Waals surface area contributed by atoms with Crippen LogP contribution >= 0.6 is 11.3 Å². The first-order valence-electron chi connectivity index (χ1n) is 14.2. The van der Waals surface area contributed by atoms with Crippen LogP contribution in [0.1, 0.15) is 34.2 Å². The molecule has 0 saturated carbocycles. The summed E-state index contributed by atoms with van der Waals surface area (Å²) in [5, 5.41) is 6.33. The van der Waals surface area contributed by atoms with Gasteiger partial charge in [-0.05, 0) is 73.9 Å². The molecule has 200 valence electrons. The zero-order chi connectivity index (χ0) is 27.9. The number of rotatable bonds is 5. The summed E-state index contributed by atoms with van der Waals surface area (Å²) in [5.74, 6) is 0. The predicted octanol–water partition coefficient (Wildman–Crippen LogP) is 11.0. The molecule has 1 aliphatic rings. The summed E-state index contributed by atoms with van der Waals surface area (Å²) in [4.78, 5) is 1.33. The van der Waals surface area contributed by atoms with Gasteiger partial charge in [-0.2, -0.15) is 0 Å². The minimum atomic E-state index is 0.917. The fourth-order valence-electron chi connectivity index (χ4n) is 6.14. The second kappa shape index (κ2) is 10.4. The third-order valence-corrected chi connectivity index (χ3v) is 9.20. The van der Waals surface area contributed by atoms with E-state index in [0.717, 1.165) is 17.8 Å². The van der Waals surface area contributed by atoms with Gasteiger partial charge in [0.2, 0.25) is 0 Å². The lowest BCUT2D eigenvalue weighted by atomic mass is 9.99. The molecule has 2 heterocycles. The second-order valence-corrected chi connectivity index (χ2v) is 12.0. The normalized spacial score (nSPS) is 13.1. The van der Waals surface area contributed by atoms with Gasteiger partial charge in [0.1, 0.15) is 0 Å². The third kappa shape index (κ3) is 4.53. The lowest BCUT2D eigenvalue weighted by Crippen LogP contribution is -2.00. The average Bonchev–Trinajstić information content (AvgIpc) is 3.34. The van der Waals surface area contributed by atoms with Crippen molar-refractivity contribution in [2.75, 3.05) is 5.32 Å². The summed E-state index contributed by atoms with van der Waals surface area (Å²) in [6.07, 6.45) is 12.1. The first-order valence-corrected chi connectivity index (χ1v) is 15.0. The van der Waals surface area contributed by atoms with Crippen molar-refractivity contribution in [1.29, 1.82) is 0 Å². The van der Waals surface area contributed by atoms with Crippen molar-refractivity contribution in [2.24, 2.45) is 0 Å². The van der Waals surface area contributed by atoms with E-state index in [1.165, 1.54) is 65.1 Å². The Balaban J connectivity index is 1.32. The molecule has 6 aromatic rings. The summed E-state index contributed by atoms with van der Waals surface area (Å²) in [7, 11) is 0. The molecule has 2 aromatic heterocycles. The van der Waals surface area contributed by atoms with Crippen molar-refractivity contribution in [3.8, 4) is 11.1 Å². The summed E-state index contributed by atoms with van der Waals surface area (Å²) in [6.45, 7) is 6.66. The van der Waals surface area contributed by atoms with E-state index in [1.54, 1.807) is 0 Å². The monoisotopic (exact) mass is 548 g/mol. The number of hydrogen-bond acceptors (Lipinski definition) is 2. The number of aryl methyl sites for hydroxylation is 2. The Morgan fingerprint density at radius 3 is 2.49 bits per heavy atom. The van der Waals surface area contributed by atoms with Crippen LogP contribution < -0.4 is 5.32 Å². The van der Waals surface area contributed by atoms with Gasteiger partial charge >= 0.3 is 0 Å². The molecule has 0 radical (unpaired) electrons. The Bertz CT molecular complexity index is 2030. The van der Waals surface area contributed by atoms with Gasteiger partial charge in [0.25, 0.3) is 0 Å². The van der Waals surface area contributed by atoms with Crippen LogP contribution in [0, 0.1) is 13.8 Å². The number of allylic oxidation sites excluding steroid dienone is 4. The van der Waals surface area contributed by atoms with Crippen LogP contribution in [0.15, 0.2) is 109 Å². The number of nitrogens with one attached hydrogen (secondary N) is 1. The quantitative estimate of drug-likeness (QED) is 0.227. The number of fused-ring (bicyclic) bond motifs is 4. The maximum Gasteiger partial charge on any atom is 0.0534 e. The topological polar surface area (TPSA) is 17.0 Å². The van der Waals surface area contributed by atoms with E-state index in [1.807, 2.05) is 11.3 Å². The van der Waals surface area contributed by atoms with Gasteiger partial charge in [-0.15, -0.1) is 11.3 Å². The van der Waals surface area contributed by atoms with E-state index < -0.39 is 0 Å². The summed E-state index contributed by atoms with van der Waals surface area (Å²) < 4.78 is 3.76. The molecule has 0 fully saturated rings. The SMILES string of the molecule is C/C(=C\c1c(C)sc2ccc(Nc3ccccc3-c3ccccc3C)cc12)n1c2c(c3ccccc31)C=CC=CC2. The molecular weight excluding hydrogens is 516 g/mol. The first-order chi connectivity index (χ1) is 20.1. The summed E-state index contributed by atoms with van der Waals surface area (Å²) in [6, 6.07) is 32.7. The molecule has 1 N–H and O–H groups in total. The van der Waals surface area contributed by atoms with Crippen LogP contribution in [0.3, 0.4) is 0 Å². The highest BCUT2D eigenvalue weighted by Gasteiger charge is 2.17. The van der Waals surface area contributed by atoms with Gasteiger partial charge in [0.15, 0.2) is 0 Å². The molecule has 41 heavy (non-hydrogen) atoms. The highest BCUT2D eigenvalue weighted by Crippen LogP contribution is 2.38. The smallest absolute Gasteiger partial charge is 0.0534 e. The largest absolute Gasteiger partial charge is 0.355 e. The van der Waals surface area contributed by atoms with Crippen molar-refractivity contribution >= 4 is 61.5 Å². The summed E-state index contributed by atoms with van der Waals surface area (Å²) in [5.41, 5.74) is 12.4. The van der Waals surface area contributed by atoms with Crippen LogP contribution in [0.5, 0.6) is 0 Å². The van der Waals surface area contributed by atoms with Crippen LogP contribution in [-0.2, 0) is 6.42 Å². The maximum atomic E-state index is 3.74. The van der Waals surface area contributed by atoms with Crippen molar-refractivity contribution in [2.45, 2.75) is 27.2 Å². The van der Waals surface area contributed by atoms with Crippen LogP contribution in [-0.4, -0.2) is 4.57 Å². The average molecular weight is 549 g/mol.